The average molecular weight is 412 g/mol. The predicted octanol–water partition coefficient (Wildman–Crippen LogP) is 4.53. The molecule has 1 saturated carbocycles. The van der Waals surface area contributed by atoms with Crippen LogP contribution in [-0.4, -0.2) is 24.3 Å². The number of thiophene rings is 1. The molecule has 0 bridgehead atoms. The second kappa shape index (κ2) is 8.91. The molecule has 2 aliphatic carbocycles. The van der Waals surface area contributed by atoms with Crippen molar-refractivity contribution in [2.24, 2.45) is 5.92 Å². The number of anilines is 1. The van der Waals surface area contributed by atoms with Gasteiger partial charge in [0.05, 0.1) is 11.5 Å². The molecule has 0 aliphatic heterocycles. The van der Waals surface area contributed by atoms with Crippen molar-refractivity contribution in [2.45, 2.75) is 51.4 Å². The van der Waals surface area contributed by atoms with Crippen molar-refractivity contribution >= 4 is 34.0 Å². The minimum absolute atomic E-state index is 0.0664. The lowest BCUT2D eigenvalue weighted by Crippen LogP contribution is -2.24. The molecule has 1 aromatic carbocycles. The summed E-state index contributed by atoms with van der Waals surface area (Å²) in [7, 11) is 0. The van der Waals surface area contributed by atoms with Crippen molar-refractivity contribution < 1.29 is 19.1 Å². The molecule has 0 unspecified atom stereocenters. The van der Waals surface area contributed by atoms with Crippen molar-refractivity contribution in [1.82, 2.24) is 0 Å². The highest BCUT2D eigenvalue weighted by molar-refractivity contribution is 7.17. The number of aryl methyl sites for hydroxylation is 1. The first kappa shape index (κ1) is 19.8. The van der Waals surface area contributed by atoms with Crippen LogP contribution in [0.25, 0.3) is 0 Å². The van der Waals surface area contributed by atoms with Crippen molar-refractivity contribution in [3.8, 4) is 0 Å². The summed E-state index contributed by atoms with van der Waals surface area (Å²) in [5.41, 5.74) is 2.28. The fourth-order valence-electron chi connectivity index (χ4n) is 4.21. The van der Waals surface area contributed by atoms with Crippen LogP contribution in [0.1, 0.15) is 64.9 Å². The minimum Gasteiger partial charge on any atom is -0.455 e. The van der Waals surface area contributed by atoms with Crippen LogP contribution in [0, 0.1) is 5.92 Å². The van der Waals surface area contributed by atoms with E-state index in [-0.39, 0.29) is 24.3 Å². The Morgan fingerprint density at radius 3 is 2.48 bits per heavy atom. The van der Waals surface area contributed by atoms with Gasteiger partial charge in [-0.2, -0.15) is 0 Å². The third-order valence-electron chi connectivity index (χ3n) is 5.72. The first-order chi connectivity index (χ1) is 14.1. The van der Waals surface area contributed by atoms with Gasteiger partial charge in [0, 0.05) is 10.4 Å². The van der Waals surface area contributed by atoms with E-state index in [1.54, 1.807) is 12.1 Å². The molecule has 1 heterocycles. The second-order valence-corrected chi connectivity index (χ2v) is 8.85. The number of fused-ring (bicyclic) bond motifs is 1. The molecule has 1 amide bonds. The van der Waals surface area contributed by atoms with Crippen LogP contribution in [-0.2, 0) is 27.2 Å². The number of benzene rings is 1. The van der Waals surface area contributed by atoms with E-state index in [0.717, 1.165) is 56.9 Å². The zero-order chi connectivity index (χ0) is 20.2. The Bertz CT molecular complexity index is 912. The molecule has 1 N–H and O–H groups in total. The van der Waals surface area contributed by atoms with Crippen LogP contribution in [0.3, 0.4) is 0 Å². The Kier molecular flexibility index (Phi) is 6.09. The van der Waals surface area contributed by atoms with Crippen molar-refractivity contribution in [3.63, 3.8) is 0 Å². The monoisotopic (exact) mass is 411 g/mol. The van der Waals surface area contributed by atoms with Crippen molar-refractivity contribution in [1.29, 1.82) is 0 Å². The van der Waals surface area contributed by atoms with Gasteiger partial charge in [-0.15, -0.1) is 11.3 Å². The first-order valence-corrected chi connectivity index (χ1v) is 11.2. The van der Waals surface area contributed by atoms with E-state index in [9.17, 15) is 14.4 Å². The van der Waals surface area contributed by atoms with Gasteiger partial charge < -0.3 is 10.1 Å². The van der Waals surface area contributed by atoms with E-state index in [2.05, 4.69) is 5.32 Å². The molecular weight excluding hydrogens is 386 g/mol. The van der Waals surface area contributed by atoms with E-state index in [0.29, 0.717) is 16.1 Å². The van der Waals surface area contributed by atoms with Gasteiger partial charge in [-0.25, -0.2) is 0 Å². The largest absolute Gasteiger partial charge is 0.455 e. The molecule has 152 valence electrons. The van der Waals surface area contributed by atoms with Gasteiger partial charge in [0.1, 0.15) is 5.00 Å². The number of amides is 1. The number of rotatable bonds is 6. The molecule has 29 heavy (non-hydrogen) atoms. The van der Waals surface area contributed by atoms with Crippen molar-refractivity contribution in [2.75, 3.05) is 11.9 Å². The summed E-state index contributed by atoms with van der Waals surface area (Å²) in [6.45, 7) is -0.309. The highest BCUT2D eigenvalue weighted by Gasteiger charge is 2.28. The molecular formula is C23H25NO4S. The summed E-state index contributed by atoms with van der Waals surface area (Å²) in [6, 6.07) is 9.15. The number of carbonyl (C=O) groups is 3. The molecule has 5 nitrogen and oxygen atoms in total. The second-order valence-electron chi connectivity index (χ2n) is 7.75. The molecule has 1 fully saturated rings. The Labute approximate surface area is 174 Å². The Hall–Kier alpha value is -2.47. The molecule has 1 aromatic heterocycles. The summed E-state index contributed by atoms with van der Waals surface area (Å²) in [5.74, 6) is -0.823. The summed E-state index contributed by atoms with van der Waals surface area (Å²) in [5, 5.41) is 3.42. The highest BCUT2D eigenvalue weighted by atomic mass is 32.1. The number of carbonyl (C=O) groups excluding carboxylic acids is 3. The van der Waals surface area contributed by atoms with Gasteiger partial charge in [0.25, 0.3) is 5.91 Å². The number of esters is 1. The summed E-state index contributed by atoms with van der Waals surface area (Å²) in [4.78, 5) is 38.9. The predicted molar refractivity (Wildman–Crippen MR) is 112 cm³/mol. The molecule has 0 saturated heterocycles. The molecule has 6 heteroatoms. The normalized spacial score (nSPS) is 16.3. The van der Waals surface area contributed by atoms with Gasteiger partial charge >= 0.3 is 5.97 Å². The summed E-state index contributed by atoms with van der Waals surface area (Å²) >= 11 is 1.48. The quantitative estimate of drug-likeness (QED) is 0.560. The van der Waals surface area contributed by atoms with Gasteiger partial charge in [-0.1, -0.05) is 43.2 Å². The zero-order valence-electron chi connectivity index (χ0n) is 16.4. The molecule has 4 rings (SSSR count). The molecule has 2 aliphatic rings. The van der Waals surface area contributed by atoms with Crippen LogP contribution in [0.2, 0.25) is 0 Å². The Balaban J connectivity index is 1.50. The van der Waals surface area contributed by atoms with E-state index in [4.69, 9.17) is 4.74 Å². The van der Waals surface area contributed by atoms with Crippen LogP contribution in [0.5, 0.6) is 0 Å². The van der Waals surface area contributed by atoms with Crippen molar-refractivity contribution in [3.05, 3.63) is 51.9 Å². The lowest BCUT2D eigenvalue weighted by atomic mass is 9.92. The van der Waals surface area contributed by atoms with Gasteiger partial charge in [0.15, 0.2) is 12.4 Å². The lowest BCUT2D eigenvalue weighted by Gasteiger charge is -2.13. The van der Waals surface area contributed by atoms with E-state index >= 15 is 0 Å². The molecule has 0 spiro atoms. The van der Waals surface area contributed by atoms with Gasteiger partial charge in [0.2, 0.25) is 0 Å². The maximum absolute atomic E-state index is 13.2. The topological polar surface area (TPSA) is 72.5 Å². The first-order valence-electron chi connectivity index (χ1n) is 10.3. The Morgan fingerprint density at radius 1 is 1.00 bits per heavy atom. The summed E-state index contributed by atoms with van der Waals surface area (Å²) < 4.78 is 5.22. The standard InChI is InChI=1S/C23H25NO4S/c25-19(14-28-23(27)16-10-4-5-11-16)24-22-20(17-12-6-7-13-18(17)29-22)21(26)15-8-2-1-3-9-15/h1-3,8-9,16H,4-7,10-14H2,(H,24,25). The van der Waals surface area contributed by atoms with Crippen LogP contribution in [0.4, 0.5) is 5.00 Å². The number of hydrogen-bond donors (Lipinski definition) is 1. The Morgan fingerprint density at radius 2 is 1.72 bits per heavy atom. The fraction of sp³-hybridized carbons (Fsp3) is 0.435. The third-order valence-corrected chi connectivity index (χ3v) is 6.93. The fourth-order valence-corrected chi connectivity index (χ4v) is 5.51. The van der Waals surface area contributed by atoms with E-state index in [1.807, 2.05) is 18.2 Å². The van der Waals surface area contributed by atoms with E-state index in [1.165, 1.54) is 16.2 Å². The lowest BCUT2D eigenvalue weighted by molar-refractivity contribution is -0.151. The maximum Gasteiger partial charge on any atom is 0.309 e. The van der Waals surface area contributed by atoms with Gasteiger partial charge in [-0.3, -0.25) is 14.4 Å². The van der Waals surface area contributed by atoms with Gasteiger partial charge in [-0.05, 0) is 44.1 Å². The SMILES string of the molecule is O=C(COC(=O)C1CCCC1)Nc1sc2c(c1C(=O)c1ccccc1)CCCC2. The summed E-state index contributed by atoms with van der Waals surface area (Å²) in [6.07, 6.45) is 7.69. The minimum atomic E-state index is -0.392. The molecule has 0 atom stereocenters. The van der Waals surface area contributed by atoms with Crippen LogP contribution in [0.15, 0.2) is 30.3 Å². The zero-order valence-corrected chi connectivity index (χ0v) is 17.2. The number of nitrogens with one attached hydrogen (secondary N) is 1. The smallest absolute Gasteiger partial charge is 0.309 e. The highest BCUT2D eigenvalue weighted by Crippen LogP contribution is 2.39. The van der Waals surface area contributed by atoms with E-state index < -0.39 is 5.91 Å². The number of hydrogen-bond acceptors (Lipinski definition) is 5. The maximum atomic E-state index is 13.2. The number of ketones is 1. The van der Waals surface area contributed by atoms with Crippen LogP contribution >= 0.6 is 11.3 Å². The van der Waals surface area contributed by atoms with Crippen LogP contribution < -0.4 is 5.32 Å². The number of ether oxygens (including phenoxy) is 1. The molecule has 0 radical (unpaired) electrons. The average Bonchev–Trinajstić information content (AvgIpc) is 3.40. The third kappa shape index (κ3) is 4.42. The molecule has 2 aromatic rings.